The van der Waals surface area contributed by atoms with Crippen LogP contribution in [0.15, 0.2) is 17.0 Å². The van der Waals surface area contributed by atoms with Gasteiger partial charge in [-0.05, 0) is 37.1 Å². The fraction of sp³-hybridized carbons (Fsp3) is 0.500. The molecule has 5 nitrogen and oxygen atoms in total. The van der Waals surface area contributed by atoms with Crippen LogP contribution in [0.3, 0.4) is 0 Å². The van der Waals surface area contributed by atoms with Crippen molar-refractivity contribution in [2.45, 2.75) is 18.7 Å². The van der Waals surface area contributed by atoms with E-state index < -0.39 is 9.84 Å². The second-order valence-electron chi connectivity index (χ2n) is 5.23. The molecule has 1 aromatic carbocycles. The van der Waals surface area contributed by atoms with Gasteiger partial charge in [0.25, 0.3) is 5.91 Å². The van der Waals surface area contributed by atoms with Gasteiger partial charge in [-0.25, -0.2) is 8.42 Å². The summed E-state index contributed by atoms with van der Waals surface area (Å²) in [4.78, 5) is 14.5. The van der Waals surface area contributed by atoms with E-state index in [1.165, 1.54) is 6.07 Å². The smallest absolute Gasteiger partial charge is 0.254 e. The molecule has 0 aliphatic carbocycles. The van der Waals surface area contributed by atoms with E-state index in [0.717, 1.165) is 30.5 Å². The van der Waals surface area contributed by atoms with Gasteiger partial charge in [0, 0.05) is 38.0 Å². The Morgan fingerprint density at radius 1 is 1.20 bits per heavy atom. The number of piperazine rings is 1. The van der Waals surface area contributed by atoms with Crippen molar-refractivity contribution in [2.24, 2.45) is 0 Å². The van der Waals surface area contributed by atoms with Gasteiger partial charge in [0.1, 0.15) is 0 Å². The first-order valence-electron chi connectivity index (χ1n) is 6.62. The van der Waals surface area contributed by atoms with Crippen molar-refractivity contribution in [2.75, 3.05) is 32.4 Å². The number of aryl methyl sites for hydroxylation is 1. The number of hydrogen-bond acceptors (Lipinski definition) is 4. The Hall–Kier alpha value is -1.40. The molecular formula is C14H20N2O3S. The lowest BCUT2D eigenvalue weighted by atomic mass is 10.0. The van der Waals surface area contributed by atoms with Crippen molar-refractivity contribution in [1.82, 2.24) is 10.2 Å². The fourth-order valence-electron chi connectivity index (χ4n) is 2.30. The Morgan fingerprint density at radius 3 is 2.35 bits per heavy atom. The first-order valence-corrected chi connectivity index (χ1v) is 8.51. The third-order valence-corrected chi connectivity index (χ3v) is 4.80. The maximum absolute atomic E-state index is 12.6. The lowest BCUT2D eigenvalue weighted by Crippen LogP contribution is -2.46. The second-order valence-corrected chi connectivity index (χ2v) is 7.24. The Morgan fingerprint density at radius 2 is 1.80 bits per heavy atom. The zero-order valence-corrected chi connectivity index (χ0v) is 12.9. The lowest BCUT2D eigenvalue weighted by Gasteiger charge is -2.28. The third-order valence-electron chi connectivity index (χ3n) is 3.70. The molecule has 1 aliphatic rings. The van der Waals surface area contributed by atoms with Gasteiger partial charge < -0.3 is 10.2 Å². The average Bonchev–Trinajstić information content (AvgIpc) is 2.40. The van der Waals surface area contributed by atoms with Gasteiger partial charge in [0.15, 0.2) is 9.84 Å². The van der Waals surface area contributed by atoms with Crippen molar-refractivity contribution >= 4 is 15.7 Å². The second kappa shape index (κ2) is 5.54. The number of benzene rings is 1. The summed E-state index contributed by atoms with van der Waals surface area (Å²) in [5.74, 6) is -0.0856. The number of hydrogen-bond donors (Lipinski definition) is 1. The Kier molecular flexibility index (Phi) is 4.15. The lowest BCUT2D eigenvalue weighted by molar-refractivity contribution is 0.0734. The number of rotatable bonds is 2. The van der Waals surface area contributed by atoms with Crippen LogP contribution in [0.1, 0.15) is 21.5 Å². The molecule has 1 N–H and O–H groups in total. The molecule has 1 aliphatic heterocycles. The summed E-state index contributed by atoms with van der Waals surface area (Å²) in [6.45, 7) is 6.54. The minimum absolute atomic E-state index is 0.0856. The van der Waals surface area contributed by atoms with Crippen LogP contribution >= 0.6 is 0 Å². The van der Waals surface area contributed by atoms with Crippen LogP contribution in [-0.2, 0) is 9.84 Å². The Bertz CT molecular complexity index is 632. The van der Waals surface area contributed by atoms with E-state index >= 15 is 0 Å². The monoisotopic (exact) mass is 296 g/mol. The molecule has 110 valence electrons. The van der Waals surface area contributed by atoms with Crippen LogP contribution in [-0.4, -0.2) is 51.7 Å². The highest BCUT2D eigenvalue weighted by molar-refractivity contribution is 7.90. The summed E-state index contributed by atoms with van der Waals surface area (Å²) in [6.07, 6.45) is 1.16. The standard InChI is InChI=1S/C14H20N2O3S/c1-10-8-12(20(3,18)19)9-13(11(10)2)14(17)16-6-4-15-5-7-16/h8-9,15H,4-7H2,1-3H3. The van der Waals surface area contributed by atoms with Gasteiger partial charge in [0.05, 0.1) is 4.90 Å². The summed E-state index contributed by atoms with van der Waals surface area (Å²) in [6, 6.07) is 3.13. The molecule has 1 heterocycles. The quantitative estimate of drug-likeness (QED) is 0.874. The van der Waals surface area contributed by atoms with Gasteiger partial charge in [-0.2, -0.15) is 0 Å². The summed E-state index contributed by atoms with van der Waals surface area (Å²) in [5, 5.41) is 3.19. The highest BCUT2D eigenvalue weighted by atomic mass is 32.2. The minimum atomic E-state index is -3.31. The number of amides is 1. The first-order chi connectivity index (χ1) is 9.30. The number of carbonyl (C=O) groups is 1. The molecule has 0 bridgehead atoms. The molecule has 0 spiro atoms. The summed E-state index contributed by atoms with van der Waals surface area (Å²) >= 11 is 0. The fourth-order valence-corrected chi connectivity index (χ4v) is 3.02. The molecule has 1 fully saturated rings. The van der Waals surface area contributed by atoms with Gasteiger partial charge in [-0.3, -0.25) is 4.79 Å². The SMILES string of the molecule is Cc1cc(S(C)(=O)=O)cc(C(=O)N2CCNCC2)c1C. The maximum atomic E-state index is 12.6. The van der Waals surface area contributed by atoms with Crippen LogP contribution in [0.2, 0.25) is 0 Å². The van der Waals surface area contributed by atoms with Crippen LogP contribution in [0.25, 0.3) is 0 Å². The van der Waals surface area contributed by atoms with E-state index in [2.05, 4.69) is 5.32 Å². The van der Waals surface area contributed by atoms with Gasteiger partial charge >= 0.3 is 0 Å². The molecule has 0 unspecified atom stereocenters. The van der Waals surface area contributed by atoms with Crippen molar-refractivity contribution in [3.8, 4) is 0 Å². The first kappa shape index (κ1) is 15.0. The molecule has 0 atom stereocenters. The topological polar surface area (TPSA) is 66.5 Å². The number of nitrogens with zero attached hydrogens (tertiary/aromatic N) is 1. The zero-order valence-electron chi connectivity index (χ0n) is 12.1. The molecule has 1 aromatic rings. The van der Waals surface area contributed by atoms with Gasteiger partial charge in [-0.1, -0.05) is 0 Å². The van der Waals surface area contributed by atoms with E-state index in [4.69, 9.17) is 0 Å². The predicted molar refractivity (Wildman–Crippen MR) is 77.8 cm³/mol. The third kappa shape index (κ3) is 3.02. The van der Waals surface area contributed by atoms with Crippen LogP contribution < -0.4 is 5.32 Å². The molecule has 20 heavy (non-hydrogen) atoms. The van der Waals surface area contributed by atoms with E-state index in [-0.39, 0.29) is 10.8 Å². The Balaban J connectivity index is 2.44. The molecule has 2 rings (SSSR count). The maximum Gasteiger partial charge on any atom is 0.254 e. The van der Waals surface area contributed by atoms with Crippen LogP contribution in [0.5, 0.6) is 0 Å². The van der Waals surface area contributed by atoms with Crippen molar-refractivity contribution in [3.05, 3.63) is 28.8 Å². The summed E-state index contributed by atoms with van der Waals surface area (Å²) < 4.78 is 23.4. The molecule has 1 saturated heterocycles. The van der Waals surface area contributed by atoms with Crippen molar-refractivity contribution in [3.63, 3.8) is 0 Å². The van der Waals surface area contributed by atoms with Gasteiger partial charge in [0.2, 0.25) is 0 Å². The van der Waals surface area contributed by atoms with E-state index in [0.29, 0.717) is 18.7 Å². The van der Waals surface area contributed by atoms with E-state index in [1.54, 1.807) is 11.0 Å². The number of nitrogens with one attached hydrogen (secondary N) is 1. The normalized spacial score (nSPS) is 16.2. The van der Waals surface area contributed by atoms with Crippen molar-refractivity contribution < 1.29 is 13.2 Å². The molecular weight excluding hydrogens is 276 g/mol. The van der Waals surface area contributed by atoms with Crippen molar-refractivity contribution in [1.29, 1.82) is 0 Å². The van der Waals surface area contributed by atoms with E-state index in [9.17, 15) is 13.2 Å². The summed E-state index contributed by atoms with van der Waals surface area (Å²) in [5.41, 5.74) is 2.17. The predicted octanol–water partition coefficient (Wildman–Crippen LogP) is 0.752. The molecule has 0 radical (unpaired) electrons. The molecule has 6 heteroatoms. The number of carbonyl (C=O) groups excluding carboxylic acids is 1. The number of sulfone groups is 1. The highest BCUT2D eigenvalue weighted by Gasteiger charge is 2.22. The van der Waals surface area contributed by atoms with Crippen LogP contribution in [0.4, 0.5) is 0 Å². The van der Waals surface area contributed by atoms with Gasteiger partial charge in [-0.15, -0.1) is 0 Å². The Labute approximate surface area is 119 Å². The highest BCUT2D eigenvalue weighted by Crippen LogP contribution is 2.21. The largest absolute Gasteiger partial charge is 0.336 e. The van der Waals surface area contributed by atoms with Crippen LogP contribution in [0, 0.1) is 13.8 Å². The molecule has 0 saturated carbocycles. The zero-order chi connectivity index (χ0) is 14.9. The molecule has 0 aromatic heterocycles. The summed E-state index contributed by atoms with van der Waals surface area (Å²) in [7, 11) is -3.31. The molecule has 1 amide bonds. The minimum Gasteiger partial charge on any atom is -0.336 e. The average molecular weight is 296 g/mol. The van der Waals surface area contributed by atoms with E-state index in [1.807, 2.05) is 13.8 Å².